The quantitative estimate of drug-likeness (QED) is 0.742. The van der Waals surface area contributed by atoms with Gasteiger partial charge in [-0.15, -0.1) is 0 Å². The Labute approximate surface area is 125 Å². The smallest absolute Gasteiger partial charge is 0.471 e. The predicted molar refractivity (Wildman–Crippen MR) is 72.3 cm³/mol. The van der Waals surface area contributed by atoms with Gasteiger partial charge in [0.25, 0.3) is 0 Å². The van der Waals surface area contributed by atoms with Crippen LogP contribution in [0.5, 0.6) is 11.5 Å². The van der Waals surface area contributed by atoms with Crippen LogP contribution in [0.25, 0.3) is 0 Å². The second-order valence-corrected chi connectivity index (χ2v) is 5.27. The first-order valence-electron chi connectivity index (χ1n) is 6.87. The lowest BCUT2D eigenvalue weighted by Crippen LogP contribution is -2.48. The molecule has 2 rings (SSSR count). The van der Waals surface area contributed by atoms with Gasteiger partial charge in [-0.3, -0.25) is 4.79 Å². The van der Waals surface area contributed by atoms with Crippen molar-refractivity contribution in [3.63, 3.8) is 0 Å². The van der Waals surface area contributed by atoms with Gasteiger partial charge in [-0.1, -0.05) is 6.07 Å². The molecule has 1 aliphatic rings. The first-order valence-corrected chi connectivity index (χ1v) is 6.87. The minimum absolute atomic E-state index is 0.00762. The van der Waals surface area contributed by atoms with Crippen molar-refractivity contribution in [2.24, 2.45) is 0 Å². The Morgan fingerprint density at radius 2 is 1.86 bits per heavy atom. The van der Waals surface area contributed by atoms with Crippen LogP contribution in [0.1, 0.15) is 18.4 Å². The molecule has 22 heavy (non-hydrogen) atoms. The van der Waals surface area contributed by atoms with Crippen molar-refractivity contribution in [1.29, 1.82) is 0 Å². The summed E-state index contributed by atoms with van der Waals surface area (Å²) >= 11 is 0. The third-order valence-electron chi connectivity index (χ3n) is 3.66. The normalized spacial score (nSPS) is 16.8. The molecule has 8 heteroatoms. The zero-order valence-corrected chi connectivity index (χ0v) is 11.7. The lowest BCUT2D eigenvalue weighted by molar-refractivity contribution is -0.186. The van der Waals surface area contributed by atoms with Gasteiger partial charge in [-0.25, -0.2) is 0 Å². The number of nitrogens with zero attached hydrogens (tertiary/aromatic N) is 1. The molecule has 0 saturated carbocycles. The molecule has 1 heterocycles. The number of hydrogen-bond donors (Lipinski definition) is 3. The van der Waals surface area contributed by atoms with E-state index in [1.54, 1.807) is 6.07 Å². The van der Waals surface area contributed by atoms with Gasteiger partial charge >= 0.3 is 12.1 Å². The zero-order chi connectivity index (χ0) is 16.3. The van der Waals surface area contributed by atoms with Crippen molar-refractivity contribution in [2.75, 3.05) is 13.1 Å². The van der Waals surface area contributed by atoms with Crippen LogP contribution in [0.2, 0.25) is 0 Å². The third-order valence-corrected chi connectivity index (χ3v) is 3.66. The van der Waals surface area contributed by atoms with Crippen LogP contribution in [0.3, 0.4) is 0 Å². The molecule has 0 atom stereocenters. The van der Waals surface area contributed by atoms with E-state index in [-0.39, 0.29) is 30.6 Å². The lowest BCUT2D eigenvalue weighted by Gasteiger charge is -2.32. The highest BCUT2D eigenvalue weighted by Crippen LogP contribution is 2.25. The Hall–Kier alpha value is -1.96. The van der Waals surface area contributed by atoms with Crippen LogP contribution in [0.15, 0.2) is 18.2 Å². The summed E-state index contributed by atoms with van der Waals surface area (Å²) in [4.78, 5) is 11.9. The van der Waals surface area contributed by atoms with Crippen molar-refractivity contribution in [1.82, 2.24) is 10.2 Å². The maximum atomic E-state index is 12.3. The summed E-state index contributed by atoms with van der Waals surface area (Å²) < 4.78 is 37.0. The average Bonchev–Trinajstić information content (AvgIpc) is 2.47. The van der Waals surface area contributed by atoms with Crippen LogP contribution in [-0.4, -0.2) is 46.3 Å². The molecule has 0 aromatic heterocycles. The number of piperidine rings is 1. The number of benzene rings is 1. The summed E-state index contributed by atoms with van der Waals surface area (Å²) in [5.74, 6) is -2.21. The van der Waals surface area contributed by atoms with E-state index in [0.29, 0.717) is 19.4 Å². The van der Waals surface area contributed by atoms with E-state index in [2.05, 4.69) is 5.32 Å². The lowest BCUT2D eigenvalue weighted by atomic mass is 10.0. The van der Waals surface area contributed by atoms with Crippen molar-refractivity contribution in [3.05, 3.63) is 23.8 Å². The summed E-state index contributed by atoms with van der Waals surface area (Å²) in [5.41, 5.74) is 0.754. The van der Waals surface area contributed by atoms with Crippen LogP contribution < -0.4 is 5.32 Å². The summed E-state index contributed by atoms with van der Waals surface area (Å²) in [6.07, 6.45) is -3.94. The van der Waals surface area contributed by atoms with Gasteiger partial charge in [-0.05, 0) is 30.5 Å². The SMILES string of the molecule is O=C(N1CCC(NCc2ccc(O)c(O)c2)CC1)C(F)(F)F. The molecular formula is C14H17F3N2O3. The number of hydrogen-bond acceptors (Lipinski definition) is 4. The maximum Gasteiger partial charge on any atom is 0.471 e. The fraction of sp³-hybridized carbons (Fsp3) is 0.500. The fourth-order valence-corrected chi connectivity index (χ4v) is 2.41. The molecule has 1 aromatic rings. The largest absolute Gasteiger partial charge is 0.504 e. The molecule has 0 bridgehead atoms. The minimum atomic E-state index is -4.82. The van der Waals surface area contributed by atoms with Gasteiger partial charge in [0.2, 0.25) is 0 Å². The van der Waals surface area contributed by atoms with Gasteiger partial charge in [0.1, 0.15) is 0 Å². The molecular weight excluding hydrogens is 301 g/mol. The molecule has 1 aromatic carbocycles. The Balaban J connectivity index is 1.80. The maximum absolute atomic E-state index is 12.3. The Kier molecular flexibility index (Phi) is 4.80. The second kappa shape index (κ2) is 6.43. The second-order valence-electron chi connectivity index (χ2n) is 5.27. The monoisotopic (exact) mass is 318 g/mol. The first-order chi connectivity index (χ1) is 10.3. The highest BCUT2D eigenvalue weighted by molar-refractivity contribution is 5.81. The molecule has 0 spiro atoms. The number of likely N-dealkylation sites (tertiary alicyclic amines) is 1. The molecule has 0 aliphatic carbocycles. The predicted octanol–water partition coefficient (Wildman–Crippen LogP) is 1.74. The van der Waals surface area contributed by atoms with E-state index in [9.17, 15) is 28.2 Å². The number of halogens is 3. The van der Waals surface area contributed by atoms with Gasteiger partial charge in [0, 0.05) is 25.7 Å². The third kappa shape index (κ3) is 4.03. The molecule has 1 aliphatic heterocycles. The Morgan fingerprint density at radius 1 is 1.23 bits per heavy atom. The van der Waals surface area contributed by atoms with E-state index in [1.165, 1.54) is 12.1 Å². The molecule has 122 valence electrons. The zero-order valence-electron chi connectivity index (χ0n) is 11.7. The molecule has 1 amide bonds. The summed E-state index contributed by atoms with van der Waals surface area (Å²) in [5, 5.41) is 21.8. The van der Waals surface area contributed by atoms with Crippen LogP contribution in [0.4, 0.5) is 13.2 Å². The molecule has 1 fully saturated rings. The summed E-state index contributed by atoms with van der Waals surface area (Å²) in [7, 11) is 0. The number of amides is 1. The minimum Gasteiger partial charge on any atom is -0.504 e. The number of phenolic OH excluding ortho intramolecular Hbond substituents is 2. The number of phenols is 2. The van der Waals surface area contributed by atoms with Gasteiger partial charge < -0.3 is 20.4 Å². The van der Waals surface area contributed by atoms with Crippen LogP contribution in [-0.2, 0) is 11.3 Å². The highest BCUT2D eigenvalue weighted by Gasteiger charge is 2.43. The number of rotatable bonds is 3. The number of carbonyl (C=O) groups excluding carboxylic acids is 1. The summed E-state index contributed by atoms with van der Waals surface area (Å²) in [6, 6.07) is 4.44. The van der Waals surface area contributed by atoms with E-state index in [1.807, 2.05) is 0 Å². The van der Waals surface area contributed by atoms with E-state index in [0.717, 1.165) is 10.5 Å². The summed E-state index contributed by atoms with van der Waals surface area (Å²) in [6.45, 7) is 0.555. The van der Waals surface area contributed by atoms with Crippen molar-refractivity contribution < 1.29 is 28.2 Å². The topological polar surface area (TPSA) is 72.8 Å². The van der Waals surface area contributed by atoms with Crippen molar-refractivity contribution in [3.8, 4) is 11.5 Å². The standard InChI is InChI=1S/C14H17F3N2O3/c15-14(16,17)13(22)19-5-3-10(4-6-19)18-8-9-1-2-11(20)12(21)7-9/h1-2,7,10,18,20-21H,3-6,8H2. The van der Waals surface area contributed by atoms with Crippen molar-refractivity contribution in [2.45, 2.75) is 31.6 Å². The average molecular weight is 318 g/mol. The van der Waals surface area contributed by atoms with E-state index >= 15 is 0 Å². The number of carbonyl (C=O) groups is 1. The fourth-order valence-electron chi connectivity index (χ4n) is 2.41. The molecule has 1 saturated heterocycles. The van der Waals surface area contributed by atoms with Crippen LogP contribution in [0, 0.1) is 0 Å². The Morgan fingerprint density at radius 3 is 2.41 bits per heavy atom. The number of nitrogens with one attached hydrogen (secondary N) is 1. The van der Waals surface area contributed by atoms with Gasteiger partial charge in [0.05, 0.1) is 0 Å². The molecule has 3 N–H and O–H groups in total. The van der Waals surface area contributed by atoms with Gasteiger partial charge in [-0.2, -0.15) is 13.2 Å². The van der Waals surface area contributed by atoms with Crippen LogP contribution >= 0.6 is 0 Å². The Bertz CT molecular complexity index is 541. The first kappa shape index (κ1) is 16.4. The molecule has 0 radical (unpaired) electrons. The van der Waals surface area contributed by atoms with E-state index < -0.39 is 12.1 Å². The number of alkyl halides is 3. The number of aromatic hydroxyl groups is 2. The van der Waals surface area contributed by atoms with E-state index in [4.69, 9.17) is 0 Å². The van der Waals surface area contributed by atoms with Gasteiger partial charge in [0.15, 0.2) is 11.5 Å². The van der Waals surface area contributed by atoms with Crippen molar-refractivity contribution >= 4 is 5.91 Å². The molecule has 0 unspecified atom stereocenters. The highest BCUT2D eigenvalue weighted by atomic mass is 19.4. The molecule has 5 nitrogen and oxygen atoms in total.